The van der Waals surface area contributed by atoms with Crippen molar-refractivity contribution >= 4 is 17.6 Å². The Morgan fingerprint density at radius 1 is 0.520 bits per heavy atom. The number of aryl methyl sites for hydroxylation is 1. The molecule has 0 saturated heterocycles. The summed E-state index contributed by atoms with van der Waals surface area (Å²) in [6.45, 7) is 0.508. The summed E-state index contributed by atoms with van der Waals surface area (Å²) >= 11 is 0. The van der Waals surface area contributed by atoms with Gasteiger partial charge in [0, 0.05) is 0 Å². The van der Waals surface area contributed by atoms with Crippen LogP contribution in [0.3, 0.4) is 0 Å². The summed E-state index contributed by atoms with van der Waals surface area (Å²) in [4.78, 5) is 0. The van der Waals surface area contributed by atoms with Gasteiger partial charge in [0.1, 0.15) is 0 Å². The normalized spacial score (nSPS) is 9.60. The molecule has 130 valence electrons. The van der Waals surface area contributed by atoms with Gasteiger partial charge in [-0.05, 0) is 18.4 Å². The van der Waals surface area contributed by atoms with Gasteiger partial charge < -0.3 is 11.0 Å². The van der Waals surface area contributed by atoms with E-state index in [0.717, 1.165) is 0 Å². The summed E-state index contributed by atoms with van der Waals surface area (Å²) < 4.78 is 0. The number of hydrogen-bond donors (Lipinski definition) is 0. The first kappa shape index (κ1) is 20.7. The van der Waals surface area contributed by atoms with Crippen molar-refractivity contribution in [3.8, 4) is 0 Å². The topological polar surface area (TPSA) is 63.0 Å². The van der Waals surface area contributed by atoms with E-state index >= 15 is 0 Å². The highest BCUT2D eigenvalue weighted by molar-refractivity contribution is 6.85. The Morgan fingerprint density at radius 3 is 1.44 bits per heavy atom. The number of rotatable bonds is 7. The van der Waals surface area contributed by atoms with Gasteiger partial charge in [-0.15, -0.1) is 0 Å². The largest absolute Gasteiger partial charge is 0.412 e. The maximum Gasteiger partial charge on any atom is 0.209 e. The highest BCUT2D eigenvalue weighted by Gasteiger charge is 2.17. The molecule has 25 heavy (non-hydrogen) atoms. The van der Waals surface area contributed by atoms with Crippen LogP contribution in [-0.2, 0) is 6.42 Å². The Kier molecular flexibility index (Phi) is 9.30. The number of unbranched alkanes of at least 4 members (excludes halogenated alkanes) is 1. The lowest BCUT2D eigenvalue weighted by Crippen LogP contribution is -2.41. The first-order valence-electron chi connectivity index (χ1n) is 8.57. The first-order chi connectivity index (χ1) is 11.4. The minimum atomic E-state index is 0. The van der Waals surface area contributed by atoms with Crippen LogP contribution in [-0.4, -0.2) is 17.7 Å². The SMILES string of the molecule is O.O.c1ccc(CCCCB(c2ccccc2)c2ccccc2)cc1. The molecule has 0 saturated carbocycles. The van der Waals surface area contributed by atoms with Crippen LogP contribution in [0.4, 0.5) is 0 Å². The smallest absolute Gasteiger partial charge is 0.209 e. The molecule has 0 aliphatic heterocycles. The molecule has 0 bridgehead atoms. The van der Waals surface area contributed by atoms with Crippen LogP contribution in [0.1, 0.15) is 18.4 Å². The van der Waals surface area contributed by atoms with Gasteiger partial charge in [-0.2, -0.15) is 0 Å². The standard InChI is InChI=1S/C22H23B.2H2O/c1-4-12-20(13-5-1)14-10-11-19-23(21-15-6-2-7-16-21)22-17-8-3-9-18-22;;/h1-9,12-13,15-18H,10-11,14,19H2;2*1H2. The van der Waals surface area contributed by atoms with Crippen LogP contribution >= 0.6 is 0 Å². The molecule has 3 heteroatoms. The molecule has 0 spiro atoms. The molecule has 0 heterocycles. The maximum absolute atomic E-state index is 2.26. The van der Waals surface area contributed by atoms with Gasteiger partial charge in [0.05, 0.1) is 0 Å². The zero-order valence-electron chi connectivity index (χ0n) is 14.6. The second kappa shape index (κ2) is 11.2. The molecule has 0 fully saturated rings. The molecule has 0 radical (unpaired) electrons. The fourth-order valence-electron chi connectivity index (χ4n) is 3.22. The van der Waals surface area contributed by atoms with Crippen molar-refractivity contribution in [2.24, 2.45) is 0 Å². The van der Waals surface area contributed by atoms with E-state index in [1.54, 1.807) is 0 Å². The van der Waals surface area contributed by atoms with Gasteiger partial charge in [-0.3, -0.25) is 0 Å². The Labute approximate surface area is 151 Å². The Bertz CT molecular complexity index is 647. The molecule has 3 rings (SSSR count). The second-order valence-corrected chi connectivity index (χ2v) is 6.11. The molecule has 2 nitrogen and oxygen atoms in total. The lowest BCUT2D eigenvalue weighted by atomic mass is 9.38. The minimum Gasteiger partial charge on any atom is -0.412 e. The Hall–Kier alpha value is -2.36. The van der Waals surface area contributed by atoms with Crippen molar-refractivity contribution in [1.82, 2.24) is 0 Å². The highest BCUT2D eigenvalue weighted by Crippen LogP contribution is 2.09. The molecule has 0 aliphatic carbocycles. The lowest BCUT2D eigenvalue weighted by Gasteiger charge is -2.14. The van der Waals surface area contributed by atoms with Crippen molar-refractivity contribution in [3.63, 3.8) is 0 Å². The molecule has 0 amide bonds. The van der Waals surface area contributed by atoms with Crippen LogP contribution in [0.5, 0.6) is 0 Å². The maximum atomic E-state index is 2.26. The van der Waals surface area contributed by atoms with Crippen LogP contribution in [0, 0.1) is 0 Å². The predicted octanol–water partition coefficient (Wildman–Crippen LogP) is 2.67. The molecular weight excluding hydrogens is 307 g/mol. The number of hydrogen-bond acceptors (Lipinski definition) is 0. The summed E-state index contributed by atoms with van der Waals surface area (Å²) in [6, 6.07) is 32.6. The van der Waals surface area contributed by atoms with Gasteiger partial charge >= 0.3 is 0 Å². The van der Waals surface area contributed by atoms with Crippen LogP contribution < -0.4 is 10.9 Å². The molecule has 4 N–H and O–H groups in total. The van der Waals surface area contributed by atoms with Crippen molar-refractivity contribution in [2.45, 2.75) is 25.6 Å². The van der Waals surface area contributed by atoms with Crippen molar-refractivity contribution in [2.75, 3.05) is 0 Å². The highest BCUT2D eigenvalue weighted by atomic mass is 16.0. The zero-order valence-corrected chi connectivity index (χ0v) is 14.6. The molecule has 0 aliphatic rings. The first-order valence-corrected chi connectivity index (χ1v) is 8.57. The van der Waals surface area contributed by atoms with E-state index in [1.807, 2.05) is 0 Å². The van der Waals surface area contributed by atoms with Gasteiger partial charge in [-0.1, -0.05) is 115 Å². The number of benzene rings is 3. The quantitative estimate of drug-likeness (QED) is 0.471. The molecule has 0 atom stereocenters. The third-order valence-electron chi connectivity index (χ3n) is 4.45. The minimum absolute atomic E-state index is 0. The zero-order chi connectivity index (χ0) is 15.7. The summed E-state index contributed by atoms with van der Waals surface area (Å²) in [7, 11) is 0. The average molecular weight is 334 g/mol. The van der Waals surface area contributed by atoms with E-state index in [9.17, 15) is 0 Å². The van der Waals surface area contributed by atoms with Gasteiger partial charge in [0.25, 0.3) is 0 Å². The average Bonchev–Trinajstić information content (AvgIpc) is 2.64. The van der Waals surface area contributed by atoms with Crippen LogP contribution in [0.15, 0.2) is 91.0 Å². The summed E-state index contributed by atoms with van der Waals surface area (Å²) in [5, 5.41) is 0. The fourth-order valence-corrected chi connectivity index (χ4v) is 3.22. The second-order valence-electron chi connectivity index (χ2n) is 6.11. The van der Waals surface area contributed by atoms with E-state index in [1.165, 1.54) is 42.1 Å². The molecule has 0 aromatic heterocycles. The Balaban J connectivity index is 0.00000156. The molecular formula is C22H27BO2. The van der Waals surface area contributed by atoms with E-state index in [4.69, 9.17) is 0 Å². The summed E-state index contributed by atoms with van der Waals surface area (Å²) in [5.74, 6) is 0. The lowest BCUT2D eigenvalue weighted by molar-refractivity contribution is 0.790. The monoisotopic (exact) mass is 334 g/mol. The molecule has 3 aromatic carbocycles. The van der Waals surface area contributed by atoms with Gasteiger partial charge in [-0.25, -0.2) is 0 Å². The van der Waals surface area contributed by atoms with Gasteiger partial charge in [0.15, 0.2) is 0 Å². The Morgan fingerprint density at radius 2 is 0.960 bits per heavy atom. The van der Waals surface area contributed by atoms with Crippen molar-refractivity contribution < 1.29 is 11.0 Å². The van der Waals surface area contributed by atoms with Crippen molar-refractivity contribution in [1.29, 1.82) is 0 Å². The van der Waals surface area contributed by atoms with Crippen molar-refractivity contribution in [3.05, 3.63) is 96.6 Å². The third-order valence-corrected chi connectivity index (χ3v) is 4.45. The van der Waals surface area contributed by atoms with E-state index < -0.39 is 0 Å². The fraction of sp³-hybridized carbons (Fsp3) is 0.182. The van der Waals surface area contributed by atoms with E-state index in [0.29, 0.717) is 6.71 Å². The van der Waals surface area contributed by atoms with Crippen LogP contribution in [0.2, 0.25) is 6.32 Å². The molecule has 3 aromatic rings. The third kappa shape index (κ3) is 6.22. The van der Waals surface area contributed by atoms with E-state index in [-0.39, 0.29) is 11.0 Å². The summed E-state index contributed by atoms with van der Waals surface area (Å²) in [6.07, 6.45) is 4.89. The van der Waals surface area contributed by atoms with Gasteiger partial charge in [0.2, 0.25) is 6.71 Å². The summed E-state index contributed by atoms with van der Waals surface area (Å²) in [5.41, 5.74) is 4.31. The van der Waals surface area contributed by atoms with E-state index in [2.05, 4.69) is 91.0 Å². The van der Waals surface area contributed by atoms with Crippen LogP contribution in [0.25, 0.3) is 0 Å². The molecule has 0 unspecified atom stereocenters. The predicted molar refractivity (Wildman–Crippen MR) is 109 cm³/mol.